The molecule has 1 unspecified atom stereocenters. The van der Waals surface area contributed by atoms with Crippen LogP contribution in [-0.4, -0.2) is 65.8 Å². The second-order valence-corrected chi connectivity index (χ2v) is 8.30. The summed E-state index contributed by atoms with van der Waals surface area (Å²) in [7, 11) is 0. The summed E-state index contributed by atoms with van der Waals surface area (Å²) in [5, 5.41) is 2.72. The lowest BCUT2D eigenvalue weighted by atomic mass is 9.98. The van der Waals surface area contributed by atoms with Crippen LogP contribution in [0.1, 0.15) is 50.7 Å². The second-order valence-electron chi connectivity index (χ2n) is 8.30. The van der Waals surface area contributed by atoms with Gasteiger partial charge in [-0.1, -0.05) is 19.9 Å². The predicted molar refractivity (Wildman–Crippen MR) is 110 cm³/mol. The summed E-state index contributed by atoms with van der Waals surface area (Å²) in [6.45, 7) is 9.61. The van der Waals surface area contributed by atoms with E-state index in [-0.39, 0.29) is 11.9 Å². The summed E-state index contributed by atoms with van der Waals surface area (Å²) in [6, 6.07) is 6.07. The first-order valence-corrected chi connectivity index (χ1v) is 10.4. The molecule has 1 N–H and O–H groups in total. The summed E-state index contributed by atoms with van der Waals surface area (Å²) in [5.41, 5.74) is 2.41. The van der Waals surface area contributed by atoms with Crippen LogP contribution in [0.25, 0.3) is 0 Å². The first-order valence-electron chi connectivity index (χ1n) is 10.4. The molecule has 1 atom stereocenters. The van der Waals surface area contributed by atoms with Crippen molar-refractivity contribution in [1.82, 2.24) is 15.1 Å². The lowest BCUT2D eigenvalue weighted by Gasteiger charge is -2.35. The molecule has 0 bridgehead atoms. The molecule has 3 rings (SSSR count). The average molecular weight is 402 g/mol. The van der Waals surface area contributed by atoms with Crippen molar-refractivity contribution >= 4 is 17.7 Å². The minimum absolute atomic E-state index is 0.106. The zero-order valence-electron chi connectivity index (χ0n) is 17.7. The average Bonchev–Trinajstić information content (AvgIpc) is 3.50. The number of ether oxygens (including phenoxy) is 1. The summed E-state index contributed by atoms with van der Waals surface area (Å²) in [4.78, 5) is 40.1. The minimum Gasteiger partial charge on any atom is -0.481 e. The molecule has 0 spiro atoms. The third kappa shape index (κ3) is 5.28. The molecule has 1 saturated heterocycles. The van der Waals surface area contributed by atoms with Crippen LogP contribution < -0.4 is 10.1 Å². The Morgan fingerprint density at radius 2 is 1.66 bits per heavy atom. The molecule has 7 heteroatoms. The quantitative estimate of drug-likeness (QED) is 0.764. The molecule has 1 aliphatic carbocycles. The van der Waals surface area contributed by atoms with E-state index in [1.807, 2.05) is 25.1 Å². The minimum atomic E-state index is -0.611. The lowest BCUT2D eigenvalue weighted by molar-refractivity contribution is -0.149. The first-order chi connectivity index (χ1) is 13.8. The molecule has 1 aromatic rings. The molecule has 2 aliphatic rings. The number of carbonyl (C=O) groups is 3. The van der Waals surface area contributed by atoms with Gasteiger partial charge in [-0.05, 0) is 55.9 Å². The zero-order chi connectivity index (χ0) is 21.1. The molecule has 7 nitrogen and oxygen atoms in total. The molecule has 1 aromatic carbocycles. The Hall–Kier alpha value is -2.57. The van der Waals surface area contributed by atoms with Crippen molar-refractivity contribution in [3.63, 3.8) is 0 Å². The van der Waals surface area contributed by atoms with Crippen LogP contribution in [-0.2, 0) is 14.4 Å². The van der Waals surface area contributed by atoms with Crippen LogP contribution in [0.4, 0.5) is 0 Å². The van der Waals surface area contributed by atoms with Gasteiger partial charge in [0, 0.05) is 32.2 Å². The Morgan fingerprint density at radius 3 is 2.21 bits per heavy atom. The van der Waals surface area contributed by atoms with Crippen molar-refractivity contribution in [3.05, 3.63) is 29.3 Å². The zero-order valence-corrected chi connectivity index (χ0v) is 17.7. The number of nitrogens with zero attached hydrogens (tertiary/aromatic N) is 2. The van der Waals surface area contributed by atoms with E-state index in [1.54, 1.807) is 11.8 Å². The Kier molecular flexibility index (Phi) is 6.45. The highest BCUT2D eigenvalue weighted by atomic mass is 16.5. The molecule has 29 heavy (non-hydrogen) atoms. The molecular weight excluding hydrogens is 370 g/mol. The van der Waals surface area contributed by atoms with Gasteiger partial charge in [0.05, 0.1) is 0 Å². The number of hydrogen-bond acceptors (Lipinski definition) is 4. The molecule has 3 amide bonds. The van der Waals surface area contributed by atoms with Crippen LogP contribution in [0.2, 0.25) is 0 Å². The molecule has 0 aromatic heterocycles. The molecule has 1 heterocycles. The summed E-state index contributed by atoms with van der Waals surface area (Å²) in [6.07, 6.45) is 1.28. The fourth-order valence-electron chi connectivity index (χ4n) is 3.63. The topological polar surface area (TPSA) is 79.0 Å². The van der Waals surface area contributed by atoms with E-state index in [0.717, 1.165) is 18.4 Å². The lowest BCUT2D eigenvalue weighted by Crippen LogP contribution is -2.55. The van der Waals surface area contributed by atoms with E-state index in [1.165, 1.54) is 10.5 Å². The van der Waals surface area contributed by atoms with Crippen molar-refractivity contribution in [2.75, 3.05) is 26.2 Å². The van der Waals surface area contributed by atoms with E-state index in [0.29, 0.717) is 37.8 Å². The van der Waals surface area contributed by atoms with E-state index in [4.69, 9.17) is 4.74 Å². The van der Waals surface area contributed by atoms with Gasteiger partial charge in [0.25, 0.3) is 5.91 Å². The number of piperazine rings is 1. The molecule has 2 fully saturated rings. The summed E-state index contributed by atoms with van der Waals surface area (Å²) in [5.74, 6) is -0.0323. The Bertz CT molecular complexity index is 780. The Balaban J connectivity index is 1.50. The van der Waals surface area contributed by atoms with Gasteiger partial charge in [0.2, 0.25) is 0 Å². The second kappa shape index (κ2) is 8.84. The third-order valence-corrected chi connectivity index (χ3v) is 5.51. The number of benzene rings is 1. The maximum atomic E-state index is 12.7. The molecule has 158 valence electrons. The van der Waals surface area contributed by atoms with Gasteiger partial charge in [0.15, 0.2) is 6.10 Å². The largest absolute Gasteiger partial charge is 0.481 e. The van der Waals surface area contributed by atoms with E-state index in [9.17, 15) is 14.4 Å². The van der Waals surface area contributed by atoms with Gasteiger partial charge in [0.1, 0.15) is 5.75 Å². The van der Waals surface area contributed by atoms with Crippen molar-refractivity contribution in [2.24, 2.45) is 0 Å². The maximum absolute atomic E-state index is 12.7. The van der Waals surface area contributed by atoms with E-state index >= 15 is 0 Å². The van der Waals surface area contributed by atoms with Crippen LogP contribution in [0.3, 0.4) is 0 Å². The van der Waals surface area contributed by atoms with Crippen LogP contribution >= 0.6 is 0 Å². The van der Waals surface area contributed by atoms with Gasteiger partial charge >= 0.3 is 11.8 Å². The van der Waals surface area contributed by atoms with E-state index < -0.39 is 17.9 Å². The van der Waals surface area contributed by atoms with Gasteiger partial charge in [-0.15, -0.1) is 0 Å². The summed E-state index contributed by atoms with van der Waals surface area (Å²) < 4.78 is 5.87. The van der Waals surface area contributed by atoms with Crippen molar-refractivity contribution in [3.8, 4) is 5.75 Å². The SMILES string of the molecule is Cc1cc(OC(C)C(=O)N2CCN(C(=O)C(=O)NC3CC3)CC2)ccc1C(C)C. The van der Waals surface area contributed by atoms with Crippen molar-refractivity contribution in [1.29, 1.82) is 0 Å². The van der Waals surface area contributed by atoms with Gasteiger partial charge in [-0.2, -0.15) is 0 Å². The van der Waals surface area contributed by atoms with Crippen LogP contribution in [0.15, 0.2) is 18.2 Å². The number of carbonyl (C=O) groups excluding carboxylic acids is 3. The number of aryl methyl sites for hydroxylation is 1. The van der Waals surface area contributed by atoms with Crippen molar-refractivity contribution < 1.29 is 19.1 Å². The first kappa shape index (κ1) is 21.1. The fraction of sp³-hybridized carbons (Fsp3) is 0.591. The van der Waals surface area contributed by atoms with Gasteiger partial charge in [-0.3, -0.25) is 14.4 Å². The smallest absolute Gasteiger partial charge is 0.312 e. The highest BCUT2D eigenvalue weighted by Gasteiger charge is 2.32. The number of rotatable bonds is 5. The normalized spacial score (nSPS) is 17.8. The fourth-order valence-corrected chi connectivity index (χ4v) is 3.63. The van der Waals surface area contributed by atoms with Gasteiger partial charge < -0.3 is 19.9 Å². The number of nitrogens with one attached hydrogen (secondary N) is 1. The Labute approximate surface area is 172 Å². The third-order valence-electron chi connectivity index (χ3n) is 5.51. The molecule has 1 saturated carbocycles. The summed E-state index contributed by atoms with van der Waals surface area (Å²) >= 11 is 0. The number of hydrogen-bond donors (Lipinski definition) is 1. The highest BCUT2D eigenvalue weighted by molar-refractivity contribution is 6.35. The van der Waals surface area contributed by atoms with Crippen LogP contribution in [0, 0.1) is 6.92 Å². The molecular formula is C22H31N3O4. The standard InChI is InChI=1S/C22H31N3O4/c1-14(2)19-8-7-18(13-15(19)3)29-16(4)21(27)24-9-11-25(12-10-24)22(28)20(26)23-17-5-6-17/h7-8,13-14,16-17H,5-6,9-12H2,1-4H3,(H,23,26). The number of amides is 3. The maximum Gasteiger partial charge on any atom is 0.312 e. The highest BCUT2D eigenvalue weighted by Crippen LogP contribution is 2.24. The van der Waals surface area contributed by atoms with Crippen molar-refractivity contribution in [2.45, 2.75) is 58.6 Å². The van der Waals surface area contributed by atoms with Gasteiger partial charge in [-0.25, -0.2) is 0 Å². The predicted octanol–water partition coefficient (Wildman–Crippen LogP) is 1.84. The Morgan fingerprint density at radius 1 is 1.03 bits per heavy atom. The van der Waals surface area contributed by atoms with E-state index in [2.05, 4.69) is 19.2 Å². The molecule has 0 radical (unpaired) electrons. The monoisotopic (exact) mass is 401 g/mol. The van der Waals surface area contributed by atoms with Crippen LogP contribution in [0.5, 0.6) is 5.75 Å². The molecule has 1 aliphatic heterocycles.